The van der Waals surface area contributed by atoms with Gasteiger partial charge in [-0.25, -0.2) is 8.42 Å². The van der Waals surface area contributed by atoms with Crippen molar-refractivity contribution in [2.24, 2.45) is 0 Å². The molecule has 0 bridgehead atoms. The van der Waals surface area contributed by atoms with Crippen LogP contribution in [-0.4, -0.2) is 64.7 Å². The van der Waals surface area contributed by atoms with Gasteiger partial charge < -0.3 is 19.5 Å². The molecule has 33 heavy (non-hydrogen) atoms. The average molecular weight is 477 g/mol. The van der Waals surface area contributed by atoms with Gasteiger partial charge in [0.1, 0.15) is 18.1 Å². The fourth-order valence-electron chi connectivity index (χ4n) is 3.44. The highest BCUT2D eigenvalue weighted by Gasteiger charge is 2.26. The summed E-state index contributed by atoms with van der Waals surface area (Å²) in [6.45, 7) is 8.15. The minimum absolute atomic E-state index is 0.0722. The maximum atomic E-state index is 12.6. The van der Waals surface area contributed by atoms with E-state index in [1.807, 2.05) is 25.1 Å². The Kier molecular flexibility index (Phi) is 8.71. The maximum absolute atomic E-state index is 12.6. The highest BCUT2D eigenvalue weighted by Crippen LogP contribution is 2.27. The van der Waals surface area contributed by atoms with Crippen molar-refractivity contribution >= 4 is 15.9 Å². The van der Waals surface area contributed by atoms with Crippen LogP contribution in [0.4, 0.5) is 0 Å². The second-order valence-corrected chi connectivity index (χ2v) is 10.1. The lowest BCUT2D eigenvalue weighted by Gasteiger charge is -2.26. The van der Waals surface area contributed by atoms with Gasteiger partial charge in [-0.15, -0.1) is 0 Å². The van der Waals surface area contributed by atoms with E-state index in [9.17, 15) is 13.2 Å². The van der Waals surface area contributed by atoms with Crippen LogP contribution in [0.25, 0.3) is 0 Å². The first-order valence-electron chi connectivity index (χ1n) is 11.1. The van der Waals surface area contributed by atoms with Crippen molar-refractivity contribution in [3.63, 3.8) is 0 Å². The van der Waals surface area contributed by atoms with Crippen LogP contribution in [0.15, 0.2) is 47.4 Å². The molecule has 3 rings (SSSR count). The number of rotatable bonds is 10. The normalized spacial score (nSPS) is 14.8. The van der Waals surface area contributed by atoms with Crippen molar-refractivity contribution in [3.8, 4) is 11.5 Å². The van der Waals surface area contributed by atoms with Crippen molar-refractivity contribution in [2.45, 2.75) is 31.6 Å². The van der Waals surface area contributed by atoms with E-state index in [0.29, 0.717) is 44.5 Å². The third-order valence-electron chi connectivity index (χ3n) is 5.27. The van der Waals surface area contributed by atoms with Crippen molar-refractivity contribution < 1.29 is 27.4 Å². The standard InChI is InChI=1S/C24H32N2O6S/c1-18(2)22-9-4-19(3)16-23(22)32-17-24(27)25-10-13-31-20-5-7-21(8-6-20)33(28,29)26-11-14-30-15-12-26/h4-9,16,18H,10-15,17H2,1-3H3,(H,25,27). The van der Waals surface area contributed by atoms with Crippen molar-refractivity contribution in [1.29, 1.82) is 0 Å². The number of benzene rings is 2. The molecule has 0 aromatic heterocycles. The topological polar surface area (TPSA) is 94.2 Å². The molecule has 1 amide bonds. The van der Waals surface area contributed by atoms with Crippen LogP contribution >= 0.6 is 0 Å². The molecule has 0 radical (unpaired) electrons. The highest BCUT2D eigenvalue weighted by molar-refractivity contribution is 7.89. The Hall–Kier alpha value is -2.62. The first-order chi connectivity index (χ1) is 15.8. The molecule has 1 fully saturated rings. The first kappa shape index (κ1) is 25.0. The SMILES string of the molecule is Cc1ccc(C(C)C)c(OCC(=O)NCCOc2ccc(S(=O)(=O)N3CCOCC3)cc2)c1. The Morgan fingerprint density at radius 3 is 2.45 bits per heavy atom. The van der Waals surface area contributed by atoms with E-state index in [2.05, 4.69) is 19.2 Å². The number of sulfonamides is 1. The molecule has 0 saturated carbocycles. The monoisotopic (exact) mass is 476 g/mol. The molecule has 2 aromatic carbocycles. The van der Waals surface area contributed by atoms with Gasteiger partial charge in [-0.05, 0) is 54.3 Å². The van der Waals surface area contributed by atoms with E-state index >= 15 is 0 Å². The van der Waals surface area contributed by atoms with Crippen molar-refractivity contribution in [2.75, 3.05) is 46.1 Å². The Morgan fingerprint density at radius 1 is 1.09 bits per heavy atom. The molecule has 1 saturated heterocycles. The number of nitrogens with one attached hydrogen (secondary N) is 1. The molecule has 1 heterocycles. The zero-order chi connectivity index (χ0) is 23.8. The van der Waals surface area contributed by atoms with E-state index in [0.717, 1.165) is 16.9 Å². The molecule has 0 unspecified atom stereocenters. The van der Waals surface area contributed by atoms with Gasteiger partial charge in [0.2, 0.25) is 10.0 Å². The minimum atomic E-state index is -3.53. The molecule has 180 valence electrons. The molecular weight excluding hydrogens is 444 g/mol. The average Bonchev–Trinajstić information content (AvgIpc) is 2.81. The molecule has 1 N–H and O–H groups in total. The Morgan fingerprint density at radius 2 is 1.79 bits per heavy atom. The van der Waals surface area contributed by atoms with Crippen molar-refractivity contribution in [3.05, 3.63) is 53.6 Å². The summed E-state index contributed by atoms with van der Waals surface area (Å²) >= 11 is 0. The van der Waals surface area contributed by atoms with Gasteiger partial charge >= 0.3 is 0 Å². The molecular formula is C24H32N2O6S. The summed E-state index contributed by atoms with van der Waals surface area (Å²) in [6.07, 6.45) is 0. The van der Waals surface area contributed by atoms with Crippen LogP contribution in [0.5, 0.6) is 11.5 Å². The van der Waals surface area contributed by atoms with Gasteiger partial charge in [0.25, 0.3) is 5.91 Å². The number of hydrogen-bond donors (Lipinski definition) is 1. The van der Waals surface area contributed by atoms with Gasteiger partial charge in [0.05, 0.1) is 24.7 Å². The van der Waals surface area contributed by atoms with Crippen LogP contribution < -0.4 is 14.8 Å². The smallest absolute Gasteiger partial charge is 0.258 e. The molecule has 1 aliphatic heterocycles. The molecule has 0 spiro atoms. The van der Waals surface area contributed by atoms with E-state index in [1.54, 1.807) is 12.1 Å². The van der Waals surface area contributed by atoms with Crippen molar-refractivity contribution in [1.82, 2.24) is 9.62 Å². The number of ether oxygens (including phenoxy) is 3. The summed E-state index contributed by atoms with van der Waals surface area (Å²) in [5.41, 5.74) is 2.14. The number of carbonyl (C=O) groups excluding carboxylic acids is 1. The fourth-order valence-corrected chi connectivity index (χ4v) is 4.85. The number of amides is 1. The van der Waals surface area contributed by atoms with Gasteiger partial charge in [0, 0.05) is 13.1 Å². The summed E-state index contributed by atoms with van der Waals surface area (Å²) in [4.78, 5) is 12.3. The van der Waals surface area contributed by atoms with Crippen LogP contribution in [0.2, 0.25) is 0 Å². The second-order valence-electron chi connectivity index (χ2n) is 8.17. The second kappa shape index (κ2) is 11.5. The molecule has 0 atom stereocenters. The molecule has 9 heteroatoms. The molecule has 8 nitrogen and oxygen atoms in total. The zero-order valence-corrected chi connectivity index (χ0v) is 20.2. The van der Waals surface area contributed by atoms with E-state index in [-0.39, 0.29) is 24.0 Å². The molecule has 2 aromatic rings. The van der Waals surface area contributed by atoms with Gasteiger partial charge in [-0.1, -0.05) is 26.0 Å². The number of morpholine rings is 1. The minimum Gasteiger partial charge on any atom is -0.492 e. The van der Waals surface area contributed by atoms with Gasteiger partial charge in [0.15, 0.2) is 6.61 Å². The predicted octanol–water partition coefficient (Wildman–Crippen LogP) is 2.71. The lowest BCUT2D eigenvalue weighted by Crippen LogP contribution is -2.40. The third kappa shape index (κ3) is 6.93. The van der Waals surface area contributed by atoms with E-state index < -0.39 is 10.0 Å². The zero-order valence-electron chi connectivity index (χ0n) is 19.4. The lowest BCUT2D eigenvalue weighted by molar-refractivity contribution is -0.123. The summed E-state index contributed by atoms with van der Waals surface area (Å²) in [5.74, 6) is 1.32. The van der Waals surface area contributed by atoms with Crippen LogP contribution in [0, 0.1) is 6.92 Å². The molecule has 0 aliphatic carbocycles. The summed E-state index contributed by atoms with van der Waals surface area (Å²) in [7, 11) is -3.53. The summed E-state index contributed by atoms with van der Waals surface area (Å²) in [5, 5.41) is 2.76. The quantitative estimate of drug-likeness (QED) is 0.530. The highest BCUT2D eigenvalue weighted by atomic mass is 32.2. The van der Waals surface area contributed by atoms with E-state index in [1.165, 1.54) is 16.4 Å². The van der Waals surface area contributed by atoms with Crippen LogP contribution in [-0.2, 0) is 19.6 Å². The summed E-state index contributed by atoms with van der Waals surface area (Å²) in [6, 6.07) is 12.3. The lowest BCUT2D eigenvalue weighted by atomic mass is 10.0. The van der Waals surface area contributed by atoms with Gasteiger partial charge in [-0.2, -0.15) is 4.31 Å². The fraction of sp³-hybridized carbons (Fsp3) is 0.458. The Labute approximate surface area is 195 Å². The number of nitrogens with zero attached hydrogens (tertiary/aromatic N) is 1. The number of carbonyl (C=O) groups is 1. The Bertz CT molecular complexity index is 1030. The first-order valence-corrected chi connectivity index (χ1v) is 12.5. The van der Waals surface area contributed by atoms with Gasteiger partial charge in [-0.3, -0.25) is 4.79 Å². The summed E-state index contributed by atoms with van der Waals surface area (Å²) < 4.78 is 43.3. The predicted molar refractivity (Wildman–Crippen MR) is 125 cm³/mol. The maximum Gasteiger partial charge on any atom is 0.258 e. The largest absolute Gasteiger partial charge is 0.492 e. The number of hydrogen-bond acceptors (Lipinski definition) is 6. The molecule has 1 aliphatic rings. The van der Waals surface area contributed by atoms with E-state index in [4.69, 9.17) is 14.2 Å². The number of aryl methyl sites for hydroxylation is 1. The van der Waals surface area contributed by atoms with Crippen LogP contribution in [0.3, 0.4) is 0 Å². The van der Waals surface area contributed by atoms with Crippen LogP contribution in [0.1, 0.15) is 30.9 Å². The third-order valence-corrected chi connectivity index (χ3v) is 7.19. The Balaban J connectivity index is 1.42.